The quantitative estimate of drug-likeness (QED) is 0.513. The first-order valence-electron chi connectivity index (χ1n) is 11.5. The Bertz CT molecular complexity index is 751. The molecule has 0 spiro atoms. The van der Waals surface area contributed by atoms with Crippen molar-refractivity contribution in [3.63, 3.8) is 0 Å². The molecule has 0 radical (unpaired) electrons. The van der Waals surface area contributed by atoms with Crippen LogP contribution in [0.3, 0.4) is 0 Å². The number of amides is 1. The van der Waals surface area contributed by atoms with Crippen molar-refractivity contribution >= 4 is 11.9 Å². The van der Waals surface area contributed by atoms with Crippen LogP contribution in [0.1, 0.15) is 51.0 Å². The molecule has 6 nitrogen and oxygen atoms in total. The van der Waals surface area contributed by atoms with E-state index in [0.717, 1.165) is 56.6 Å². The second kappa shape index (κ2) is 10.4. The minimum absolute atomic E-state index is 0.132. The molecule has 0 aromatic heterocycles. The summed E-state index contributed by atoms with van der Waals surface area (Å²) in [4.78, 5) is 19.4. The van der Waals surface area contributed by atoms with Crippen molar-refractivity contribution in [2.45, 2.75) is 50.9 Å². The third-order valence-corrected chi connectivity index (χ3v) is 6.81. The number of aliphatic imine (C=N–C) groups is 1. The second-order valence-corrected chi connectivity index (χ2v) is 9.14. The van der Waals surface area contributed by atoms with Crippen molar-refractivity contribution < 1.29 is 13.9 Å². The molecule has 1 saturated heterocycles. The highest BCUT2D eigenvalue weighted by atomic mass is 19.1. The number of nitrogens with one attached hydrogen (secondary N) is 2. The Labute approximate surface area is 185 Å². The van der Waals surface area contributed by atoms with Crippen molar-refractivity contribution in [2.75, 3.05) is 46.9 Å². The van der Waals surface area contributed by atoms with Crippen LogP contribution in [0.2, 0.25) is 0 Å². The molecule has 0 bridgehead atoms. The molecule has 7 heteroatoms. The van der Waals surface area contributed by atoms with Gasteiger partial charge >= 0.3 is 0 Å². The summed E-state index contributed by atoms with van der Waals surface area (Å²) >= 11 is 0. The summed E-state index contributed by atoms with van der Waals surface area (Å²) in [7, 11) is 3.65. The van der Waals surface area contributed by atoms with Gasteiger partial charge in [-0.05, 0) is 50.3 Å². The van der Waals surface area contributed by atoms with E-state index in [1.54, 1.807) is 4.90 Å². The van der Waals surface area contributed by atoms with E-state index in [0.29, 0.717) is 26.3 Å². The van der Waals surface area contributed by atoms with Gasteiger partial charge in [-0.2, -0.15) is 0 Å². The van der Waals surface area contributed by atoms with Gasteiger partial charge in [0.05, 0.1) is 12.0 Å². The summed E-state index contributed by atoms with van der Waals surface area (Å²) in [6.45, 7) is 5.33. The Morgan fingerprint density at radius 2 is 1.74 bits per heavy atom. The Kier molecular flexibility index (Phi) is 7.92. The number of nitrogens with zero attached hydrogens (tertiary/aromatic N) is 2. The lowest BCUT2D eigenvalue weighted by Crippen LogP contribution is -2.48. The molecule has 1 amide bonds. The largest absolute Gasteiger partial charge is 0.381 e. The van der Waals surface area contributed by atoms with E-state index in [-0.39, 0.29) is 22.6 Å². The predicted molar refractivity (Wildman–Crippen MR) is 122 cm³/mol. The Morgan fingerprint density at radius 3 is 2.32 bits per heavy atom. The van der Waals surface area contributed by atoms with E-state index < -0.39 is 0 Å². The van der Waals surface area contributed by atoms with E-state index >= 15 is 0 Å². The van der Waals surface area contributed by atoms with Gasteiger partial charge in [0, 0.05) is 45.8 Å². The number of benzene rings is 1. The molecule has 2 fully saturated rings. The van der Waals surface area contributed by atoms with Gasteiger partial charge < -0.3 is 20.3 Å². The smallest absolute Gasteiger partial charge is 0.230 e. The highest BCUT2D eigenvalue weighted by Crippen LogP contribution is 2.40. The van der Waals surface area contributed by atoms with Crippen LogP contribution < -0.4 is 10.6 Å². The fourth-order valence-corrected chi connectivity index (χ4v) is 4.92. The first kappa shape index (κ1) is 23.5. The van der Waals surface area contributed by atoms with E-state index in [4.69, 9.17) is 9.73 Å². The van der Waals surface area contributed by atoms with Crippen LogP contribution in [0, 0.1) is 11.2 Å². The predicted octanol–water partition coefficient (Wildman–Crippen LogP) is 3.08. The van der Waals surface area contributed by atoms with Crippen molar-refractivity contribution in [1.29, 1.82) is 0 Å². The summed E-state index contributed by atoms with van der Waals surface area (Å²) in [6.07, 6.45) is 5.68. The topological polar surface area (TPSA) is 66.0 Å². The first-order chi connectivity index (χ1) is 14.9. The number of carbonyl (C=O) groups is 1. The van der Waals surface area contributed by atoms with Gasteiger partial charge in [-0.15, -0.1) is 0 Å². The molecule has 1 saturated carbocycles. The summed E-state index contributed by atoms with van der Waals surface area (Å²) in [5.41, 5.74) is 0.599. The average molecular weight is 433 g/mol. The van der Waals surface area contributed by atoms with Gasteiger partial charge in [-0.25, -0.2) is 4.39 Å². The molecule has 1 aliphatic heterocycles. The molecule has 1 aromatic rings. The lowest BCUT2D eigenvalue weighted by Gasteiger charge is -2.38. The van der Waals surface area contributed by atoms with Gasteiger partial charge in [0.15, 0.2) is 5.96 Å². The third-order valence-electron chi connectivity index (χ3n) is 6.81. The molecule has 172 valence electrons. The SMILES string of the molecule is CCNC(=NCC1(C(=O)N(C)C)CCCC1)NCC1(c2ccc(F)cc2)CCOCC1. The fraction of sp³-hybridized carbons (Fsp3) is 0.667. The summed E-state index contributed by atoms with van der Waals surface area (Å²) in [5, 5.41) is 6.85. The van der Waals surface area contributed by atoms with Crippen molar-refractivity contribution in [1.82, 2.24) is 15.5 Å². The van der Waals surface area contributed by atoms with Gasteiger partial charge in [0.25, 0.3) is 0 Å². The number of hydrogen-bond donors (Lipinski definition) is 2. The molecule has 1 aliphatic carbocycles. The lowest BCUT2D eigenvalue weighted by atomic mass is 9.74. The maximum Gasteiger partial charge on any atom is 0.230 e. The van der Waals surface area contributed by atoms with Crippen LogP contribution in [0.5, 0.6) is 0 Å². The van der Waals surface area contributed by atoms with Crippen LogP contribution in [0.15, 0.2) is 29.3 Å². The van der Waals surface area contributed by atoms with Gasteiger partial charge in [0.2, 0.25) is 5.91 Å². The number of guanidine groups is 1. The molecular weight excluding hydrogens is 395 g/mol. The molecule has 2 N–H and O–H groups in total. The fourth-order valence-electron chi connectivity index (χ4n) is 4.92. The zero-order valence-corrected chi connectivity index (χ0v) is 19.2. The summed E-state index contributed by atoms with van der Waals surface area (Å²) in [6, 6.07) is 6.83. The highest BCUT2D eigenvalue weighted by Gasteiger charge is 2.42. The minimum Gasteiger partial charge on any atom is -0.381 e. The van der Waals surface area contributed by atoms with E-state index in [1.165, 1.54) is 12.1 Å². The minimum atomic E-state index is -0.390. The number of hydrogen-bond acceptors (Lipinski definition) is 3. The van der Waals surface area contributed by atoms with Crippen molar-refractivity contribution in [3.05, 3.63) is 35.6 Å². The number of rotatable bonds is 7. The Hall–Kier alpha value is -2.15. The molecule has 1 heterocycles. The maximum absolute atomic E-state index is 13.5. The zero-order valence-electron chi connectivity index (χ0n) is 19.2. The Morgan fingerprint density at radius 1 is 1.10 bits per heavy atom. The standard InChI is InChI=1S/C24H37FN4O2/c1-4-26-22(28-18-24(11-5-6-12-24)21(30)29(2)3)27-17-23(13-15-31-16-14-23)19-7-9-20(25)10-8-19/h7-10H,4-6,11-18H2,1-3H3,(H2,26,27,28). The third kappa shape index (κ3) is 5.56. The number of halogens is 1. The zero-order chi connectivity index (χ0) is 22.3. The van der Waals surface area contributed by atoms with Gasteiger partial charge in [0.1, 0.15) is 5.82 Å². The summed E-state index contributed by atoms with van der Waals surface area (Å²) < 4.78 is 19.1. The van der Waals surface area contributed by atoms with Crippen LogP contribution in [-0.4, -0.2) is 63.7 Å². The number of ether oxygens (including phenoxy) is 1. The van der Waals surface area contributed by atoms with E-state index in [1.807, 2.05) is 33.2 Å². The summed E-state index contributed by atoms with van der Waals surface area (Å²) in [5.74, 6) is 0.686. The van der Waals surface area contributed by atoms with Gasteiger partial charge in [-0.1, -0.05) is 25.0 Å². The second-order valence-electron chi connectivity index (χ2n) is 9.14. The van der Waals surface area contributed by atoms with E-state index in [2.05, 4.69) is 10.6 Å². The van der Waals surface area contributed by atoms with Gasteiger partial charge in [-0.3, -0.25) is 9.79 Å². The molecular formula is C24H37FN4O2. The lowest BCUT2D eigenvalue weighted by molar-refractivity contribution is -0.138. The van der Waals surface area contributed by atoms with Crippen LogP contribution in [0.25, 0.3) is 0 Å². The molecule has 2 aliphatic rings. The Balaban J connectivity index is 1.76. The van der Waals surface area contributed by atoms with E-state index in [9.17, 15) is 9.18 Å². The first-order valence-corrected chi connectivity index (χ1v) is 11.5. The van der Waals surface area contributed by atoms with Crippen molar-refractivity contribution in [2.24, 2.45) is 10.4 Å². The molecule has 3 rings (SSSR count). The molecule has 0 atom stereocenters. The monoisotopic (exact) mass is 432 g/mol. The van der Waals surface area contributed by atoms with Crippen molar-refractivity contribution in [3.8, 4) is 0 Å². The van der Waals surface area contributed by atoms with Crippen LogP contribution >= 0.6 is 0 Å². The number of carbonyl (C=O) groups excluding carboxylic acids is 1. The van der Waals surface area contributed by atoms with Crippen LogP contribution in [-0.2, 0) is 14.9 Å². The normalized spacial score (nSPS) is 20.3. The highest BCUT2D eigenvalue weighted by molar-refractivity contribution is 5.84. The molecule has 1 aromatic carbocycles. The molecule has 31 heavy (non-hydrogen) atoms. The molecule has 0 unspecified atom stereocenters. The average Bonchev–Trinajstić information content (AvgIpc) is 3.26. The van der Waals surface area contributed by atoms with Crippen LogP contribution in [0.4, 0.5) is 4.39 Å². The maximum atomic E-state index is 13.5.